The molecular formula is C17H14BrNO2. The molecule has 0 saturated heterocycles. The summed E-state index contributed by atoms with van der Waals surface area (Å²) in [7, 11) is 0. The lowest BCUT2D eigenvalue weighted by Crippen LogP contribution is -1.98. The van der Waals surface area contributed by atoms with E-state index >= 15 is 0 Å². The molecule has 4 rings (SSSR count). The fourth-order valence-electron chi connectivity index (χ4n) is 2.24. The van der Waals surface area contributed by atoms with E-state index in [1.807, 2.05) is 42.5 Å². The molecule has 2 aromatic carbocycles. The zero-order valence-corrected chi connectivity index (χ0v) is 13.0. The normalized spacial score (nSPS) is 14.5. The standard InChI is InChI=1S/C17H14BrNO2/c18-13-6-7-15-16(9-13)21-17(19-15)12-2-1-3-14(8-12)20-10-11-4-5-11/h1-3,6-9,11H,4-5,10H2. The number of halogens is 1. The minimum atomic E-state index is 0.625. The number of hydrogen-bond donors (Lipinski definition) is 0. The number of rotatable bonds is 4. The number of nitrogens with zero attached hydrogens (tertiary/aromatic N) is 1. The second kappa shape index (κ2) is 5.19. The molecule has 0 spiro atoms. The molecule has 0 amide bonds. The van der Waals surface area contributed by atoms with Gasteiger partial charge in [0.05, 0.1) is 6.61 Å². The average molecular weight is 344 g/mol. The molecule has 3 nitrogen and oxygen atoms in total. The monoisotopic (exact) mass is 343 g/mol. The molecule has 4 heteroatoms. The first-order chi connectivity index (χ1) is 10.3. The van der Waals surface area contributed by atoms with Crippen molar-refractivity contribution < 1.29 is 9.15 Å². The molecule has 1 heterocycles. The van der Waals surface area contributed by atoms with Crippen LogP contribution in [0.2, 0.25) is 0 Å². The molecule has 21 heavy (non-hydrogen) atoms. The Morgan fingerprint density at radius 3 is 2.95 bits per heavy atom. The summed E-state index contributed by atoms with van der Waals surface area (Å²) in [5, 5.41) is 0. The molecule has 3 aromatic rings. The van der Waals surface area contributed by atoms with Crippen molar-refractivity contribution in [2.45, 2.75) is 12.8 Å². The van der Waals surface area contributed by atoms with E-state index in [0.29, 0.717) is 5.89 Å². The van der Waals surface area contributed by atoms with Gasteiger partial charge in [-0.15, -0.1) is 0 Å². The third kappa shape index (κ3) is 2.81. The second-order valence-corrected chi connectivity index (χ2v) is 6.33. The highest BCUT2D eigenvalue weighted by Crippen LogP contribution is 2.31. The van der Waals surface area contributed by atoms with Gasteiger partial charge in [-0.25, -0.2) is 4.98 Å². The summed E-state index contributed by atoms with van der Waals surface area (Å²) < 4.78 is 12.6. The molecule has 0 N–H and O–H groups in total. The maximum atomic E-state index is 5.83. The Balaban J connectivity index is 1.65. The number of oxazole rings is 1. The largest absolute Gasteiger partial charge is 0.493 e. The Bertz CT molecular complexity index is 792. The van der Waals surface area contributed by atoms with Crippen LogP contribution in [0.15, 0.2) is 51.4 Å². The molecule has 0 atom stereocenters. The molecule has 1 saturated carbocycles. The van der Waals surface area contributed by atoms with Crippen molar-refractivity contribution in [3.8, 4) is 17.2 Å². The maximum Gasteiger partial charge on any atom is 0.227 e. The van der Waals surface area contributed by atoms with Gasteiger partial charge in [-0.2, -0.15) is 0 Å². The number of fused-ring (bicyclic) bond motifs is 1. The van der Waals surface area contributed by atoms with E-state index in [1.165, 1.54) is 12.8 Å². The molecular weight excluding hydrogens is 330 g/mol. The van der Waals surface area contributed by atoms with Crippen molar-refractivity contribution in [2.24, 2.45) is 5.92 Å². The van der Waals surface area contributed by atoms with Crippen molar-refractivity contribution in [3.63, 3.8) is 0 Å². The summed E-state index contributed by atoms with van der Waals surface area (Å²) in [6.45, 7) is 0.809. The quantitative estimate of drug-likeness (QED) is 0.665. The summed E-state index contributed by atoms with van der Waals surface area (Å²) in [5.74, 6) is 2.25. The van der Waals surface area contributed by atoms with Crippen molar-refractivity contribution >= 4 is 27.0 Å². The first-order valence-corrected chi connectivity index (χ1v) is 7.86. The number of aromatic nitrogens is 1. The van der Waals surface area contributed by atoms with Gasteiger partial charge in [0.2, 0.25) is 5.89 Å². The smallest absolute Gasteiger partial charge is 0.227 e. The third-order valence-electron chi connectivity index (χ3n) is 3.61. The molecule has 106 valence electrons. The Kier molecular flexibility index (Phi) is 3.19. The number of benzene rings is 2. The SMILES string of the molecule is Brc1ccc2nc(-c3cccc(OCC4CC4)c3)oc2c1. The van der Waals surface area contributed by atoms with Crippen LogP contribution in [0.25, 0.3) is 22.6 Å². The van der Waals surface area contributed by atoms with E-state index in [1.54, 1.807) is 0 Å². The highest BCUT2D eigenvalue weighted by atomic mass is 79.9. The van der Waals surface area contributed by atoms with Gasteiger partial charge < -0.3 is 9.15 Å². The maximum absolute atomic E-state index is 5.83. The van der Waals surface area contributed by atoms with Crippen LogP contribution in [-0.2, 0) is 0 Å². The van der Waals surface area contributed by atoms with E-state index in [-0.39, 0.29) is 0 Å². The van der Waals surface area contributed by atoms with Gasteiger partial charge >= 0.3 is 0 Å². The topological polar surface area (TPSA) is 35.3 Å². The van der Waals surface area contributed by atoms with Gasteiger partial charge in [0.1, 0.15) is 11.3 Å². The molecule has 0 unspecified atom stereocenters. The lowest BCUT2D eigenvalue weighted by atomic mass is 10.2. The molecule has 1 fully saturated rings. The fraction of sp³-hybridized carbons (Fsp3) is 0.235. The molecule has 1 aliphatic carbocycles. The molecule has 0 bridgehead atoms. The Labute approximate surface area is 131 Å². The van der Waals surface area contributed by atoms with Crippen molar-refractivity contribution in [2.75, 3.05) is 6.61 Å². The van der Waals surface area contributed by atoms with E-state index in [9.17, 15) is 0 Å². The molecule has 0 radical (unpaired) electrons. The minimum Gasteiger partial charge on any atom is -0.493 e. The van der Waals surface area contributed by atoms with Gasteiger partial charge in [0.25, 0.3) is 0 Å². The van der Waals surface area contributed by atoms with E-state index < -0.39 is 0 Å². The second-order valence-electron chi connectivity index (χ2n) is 5.41. The summed E-state index contributed by atoms with van der Waals surface area (Å²) in [4.78, 5) is 4.53. The summed E-state index contributed by atoms with van der Waals surface area (Å²) >= 11 is 3.44. The van der Waals surface area contributed by atoms with Gasteiger partial charge in [0, 0.05) is 10.0 Å². The first kappa shape index (κ1) is 12.9. The molecule has 1 aromatic heterocycles. The zero-order chi connectivity index (χ0) is 14.2. The van der Waals surface area contributed by atoms with E-state index in [0.717, 1.165) is 39.4 Å². The lowest BCUT2D eigenvalue weighted by molar-refractivity contribution is 0.300. The first-order valence-electron chi connectivity index (χ1n) is 7.07. The van der Waals surface area contributed by atoms with Crippen LogP contribution in [0.3, 0.4) is 0 Å². The van der Waals surface area contributed by atoms with Crippen LogP contribution in [0.1, 0.15) is 12.8 Å². The van der Waals surface area contributed by atoms with Crippen molar-refractivity contribution in [1.29, 1.82) is 0 Å². The van der Waals surface area contributed by atoms with Crippen LogP contribution < -0.4 is 4.74 Å². The van der Waals surface area contributed by atoms with Crippen LogP contribution in [0.4, 0.5) is 0 Å². The molecule has 0 aliphatic heterocycles. The van der Waals surface area contributed by atoms with Crippen LogP contribution in [-0.4, -0.2) is 11.6 Å². The minimum absolute atomic E-state index is 0.625. The third-order valence-corrected chi connectivity index (χ3v) is 4.11. The van der Waals surface area contributed by atoms with Crippen molar-refractivity contribution in [3.05, 3.63) is 46.9 Å². The summed E-state index contributed by atoms with van der Waals surface area (Å²) in [6.07, 6.45) is 2.58. The Morgan fingerprint density at radius 2 is 2.10 bits per heavy atom. The van der Waals surface area contributed by atoms with Gasteiger partial charge in [-0.05, 0) is 55.2 Å². The van der Waals surface area contributed by atoms with Gasteiger partial charge in [-0.1, -0.05) is 22.0 Å². The number of ether oxygens (including phenoxy) is 1. The van der Waals surface area contributed by atoms with Gasteiger partial charge in [0.15, 0.2) is 5.58 Å². The molecule has 1 aliphatic rings. The zero-order valence-electron chi connectivity index (χ0n) is 11.4. The predicted molar refractivity (Wildman–Crippen MR) is 85.4 cm³/mol. The van der Waals surface area contributed by atoms with Crippen LogP contribution in [0, 0.1) is 5.92 Å². The number of hydrogen-bond acceptors (Lipinski definition) is 3. The highest BCUT2D eigenvalue weighted by molar-refractivity contribution is 9.10. The average Bonchev–Trinajstić information content (AvgIpc) is 3.23. The highest BCUT2D eigenvalue weighted by Gasteiger charge is 2.22. The fourth-order valence-corrected chi connectivity index (χ4v) is 2.58. The Hall–Kier alpha value is -1.81. The van der Waals surface area contributed by atoms with Crippen molar-refractivity contribution in [1.82, 2.24) is 4.98 Å². The summed E-state index contributed by atoms with van der Waals surface area (Å²) in [6, 6.07) is 13.8. The van der Waals surface area contributed by atoms with Crippen LogP contribution in [0.5, 0.6) is 5.75 Å². The van der Waals surface area contributed by atoms with E-state index in [4.69, 9.17) is 9.15 Å². The summed E-state index contributed by atoms with van der Waals surface area (Å²) in [5.41, 5.74) is 2.58. The van der Waals surface area contributed by atoms with Crippen LogP contribution >= 0.6 is 15.9 Å². The predicted octanol–water partition coefficient (Wildman–Crippen LogP) is 5.05. The Morgan fingerprint density at radius 1 is 1.19 bits per heavy atom. The lowest BCUT2D eigenvalue weighted by Gasteiger charge is -2.05. The van der Waals surface area contributed by atoms with E-state index in [2.05, 4.69) is 20.9 Å². The van der Waals surface area contributed by atoms with Gasteiger partial charge in [-0.3, -0.25) is 0 Å².